The lowest BCUT2D eigenvalue weighted by atomic mass is 10.1. The van der Waals surface area contributed by atoms with E-state index in [4.69, 9.17) is 5.11 Å². The van der Waals surface area contributed by atoms with Crippen molar-refractivity contribution in [3.63, 3.8) is 0 Å². The molecule has 4 nitrogen and oxygen atoms in total. The fourth-order valence-corrected chi connectivity index (χ4v) is 1.59. The number of nitrogens with zero attached hydrogens (tertiary/aromatic N) is 1. The number of carboxylic acids is 1. The fourth-order valence-electron chi connectivity index (χ4n) is 1.59. The topological polar surface area (TPSA) is 66.0 Å². The average molecular weight is 218 g/mol. The van der Waals surface area contributed by atoms with Crippen LogP contribution in [-0.4, -0.2) is 21.0 Å². The van der Waals surface area contributed by atoms with Crippen molar-refractivity contribution in [1.82, 2.24) is 9.97 Å². The largest absolute Gasteiger partial charge is 0.478 e. The van der Waals surface area contributed by atoms with Crippen molar-refractivity contribution in [1.29, 1.82) is 0 Å². The smallest absolute Gasteiger partial charge is 0.335 e. The molecule has 4 heteroatoms. The van der Waals surface area contributed by atoms with Crippen LogP contribution in [0.25, 0.3) is 11.0 Å². The monoisotopic (exact) mass is 218 g/mol. The summed E-state index contributed by atoms with van der Waals surface area (Å²) in [5, 5.41) is 8.87. The minimum atomic E-state index is -0.915. The lowest BCUT2D eigenvalue weighted by molar-refractivity contribution is 0.0697. The number of H-pyrrole nitrogens is 1. The highest BCUT2D eigenvalue weighted by molar-refractivity contribution is 5.92. The Morgan fingerprint density at radius 2 is 2.31 bits per heavy atom. The van der Waals surface area contributed by atoms with Gasteiger partial charge >= 0.3 is 5.97 Å². The van der Waals surface area contributed by atoms with Crippen LogP contribution in [0.3, 0.4) is 0 Å². The second kappa shape index (κ2) is 3.96. The molecule has 0 bridgehead atoms. The van der Waals surface area contributed by atoms with E-state index in [2.05, 4.69) is 23.8 Å². The van der Waals surface area contributed by atoms with Gasteiger partial charge in [0.25, 0.3) is 0 Å². The van der Waals surface area contributed by atoms with Crippen molar-refractivity contribution in [2.24, 2.45) is 0 Å². The molecule has 2 N–H and O–H groups in total. The van der Waals surface area contributed by atoms with Gasteiger partial charge in [-0.05, 0) is 24.6 Å². The average Bonchev–Trinajstić information content (AvgIpc) is 2.70. The molecule has 1 aromatic heterocycles. The van der Waals surface area contributed by atoms with Crippen molar-refractivity contribution < 1.29 is 9.90 Å². The Bertz CT molecular complexity index is 531. The van der Waals surface area contributed by atoms with Crippen molar-refractivity contribution in [3.05, 3.63) is 29.6 Å². The summed E-state index contributed by atoms with van der Waals surface area (Å²) in [7, 11) is 0. The molecule has 0 saturated carbocycles. The molecule has 0 spiro atoms. The highest BCUT2D eigenvalue weighted by Gasteiger charge is 2.10. The highest BCUT2D eigenvalue weighted by atomic mass is 16.4. The van der Waals surface area contributed by atoms with E-state index >= 15 is 0 Å². The van der Waals surface area contributed by atoms with Crippen molar-refractivity contribution in [3.8, 4) is 0 Å². The Labute approximate surface area is 93.3 Å². The van der Waals surface area contributed by atoms with Gasteiger partial charge in [0.15, 0.2) is 0 Å². The second-order valence-electron chi connectivity index (χ2n) is 3.97. The number of carbonyl (C=O) groups is 1. The molecule has 1 atom stereocenters. The SMILES string of the molecule is CCC(C)c1nc2ccc(C(=O)O)cc2[nH]1. The first kappa shape index (κ1) is 10.7. The predicted molar refractivity (Wildman–Crippen MR) is 61.8 cm³/mol. The first-order valence-corrected chi connectivity index (χ1v) is 5.34. The second-order valence-corrected chi connectivity index (χ2v) is 3.97. The van der Waals surface area contributed by atoms with Crippen LogP contribution in [0.4, 0.5) is 0 Å². The lowest BCUT2D eigenvalue weighted by Gasteiger charge is -2.01. The van der Waals surface area contributed by atoms with Gasteiger partial charge in [0.1, 0.15) is 5.82 Å². The number of carboxylic acid groups (broad SMARTS) is 1. The van der Waals surface area contributed by atoms with Crippen LogP contribution in [0.5, 0.6) is 0 Å². The van der Waals surface area contributed by atoms with Crippen LogP contribution in [0.2, 0.25) is 0 Å². The van der Waals surface area contributed by atoms with Crippen LogP contribution in [-0.2, 0) is 0 Å². The number of nitrogens with one attached hydrogen (secondary N) is 1. The van der Waals surface area contributed by atoms with Gasteiger partial charge in [-0.3, -0.25) is 0 Å². The molecular weight excluding hydrogens is 204 g/mol. The number of aromatic amines is 1. The Morgan fingerprint density at radius 3 is 2.94 bits per heavy atom. The van der Waals surface area contributed by atoms with Gasteiger partial charge in [-0.1, -0.05) is 13.8 Å². The summed E-state index contributed by atoms with van der Waals surface area (Å²) in [5.74, 6) is 0.363. The van der Waals surface area contributed by atoms with Crippen LogP contribution in [0, 0.1) is 0 Å². The molecule has 0 aliphatic rings. The van der Waals surface area contributed by atoms with Crippen LogP contribution in [0.15, 0.2) is 18.2 Å². The van der Waals surface area contributed by atoms with Gasteiger partial charge in [0, 0.05) is 5.92 Å². The summed E-state index contributed by atoms with van der Waals surface area (Å²) in [6, 6.07) is 4.93. The van der Waals surface area contributed by atoms with E-state index in [1.807, 2.05) is 0 Å². The van der Waals surface area contributed by atoms with Gasteiger partial charge in [0.05, 0.1) is 16.6 Å². The van der Waals surface area contributed by atoms with Crippen LogP contribution >= 0.6 is 0 Å². The van der Waals surface area contributed by atoms with Crippen LogP contribution < -0.4 is 0 Å². The summed E-state index contributed by atoms with van der Waals surface area (Å²) in [5.41, 5.74) is 1.89. The van der Waals surface area contributed by atoms with Crippen LogP contribution in [0.1, 0.15) is 42.4 Å². The maximum absolute atomic E-state index is 10.8. The zero-order chi connectivity index (χ0) is 11.7. The molecule has 0 aliphatic heterocycles. The standard InChI is InChI=1S/C12H14N2O2/c1-3-7(2)11-13-9-5-4-8(12(15)16)6-10(9)14-11/h4-7H,3H2,1-2H3,(H,13,14)(H,15,16). The van der Waals surface area contributed by atoms with Gasteiger partial charge in [-0.15, -0.1) is 0 Å². The normalized spacial score (nSPS) is 12.9. The quantitative estimate of drug-likeness (QED) is 0.832. The zero-order valence-corrected chi connectivity index (χ0v) is 9.32. The Hall–Kier alpha value is -1.84. The minimum Gasteiger partial charge on any atom is -0.478 e. The number of imidazole rings is 1. The molecule has 1 unspecified atom stereocenters. The van der Waals surface area contributed by atoms with E-state index in [0.717, 1.165) is 23.3 Å². The van der Waals surface area contributed by atoms with E-state index in [-0.39, 0.29) is 5.56 Å². The zero-order valence-electron chi connectivity index (χ0n) is 9.32. The number of aromatic nitrogens is 2. The third-order valence-corrected chi connectivity index (χ3v) is 2.83. The van der Waals surface area contributed by atoms with Crippen molar-refractivity contribution in [2.75, 3.05) is 0 Å². The molecule has 84 valence electrons. The van der Waals surface area contributed by atoms with E-state index in [1.165, 1.54) is 0 Å². The predicted octanol–water partition coefficient (Wildman–Crippen LogP) is 2.77. The van der Waals surface area contributed by atoms with Crippen molar-refractivity contribution >= 4 is 17.0 Å². The number of hydrogen-bond acceptors (Lipinski definition) is 2. The van der Waals surface area contributed by atoms with E-state index in [1.54, 1.807) is 18.2 Å². The molecule has 16 heavy (non-hydrogen) atoms. The molecule has 0 radical (unpaired) electrons. The maximum atomic E-state index is 10.8. The van der Waals surface area contributed by atoms with Gasteiger partial charge in [0.2, 0.25) is 0 Å². The van der Waals surface area contributed by atoms with Gasteiger partial charge in [-0.25, -0.2) is 9.78 Å². The minimum absolute atomic E-state index is 0.284. The molecule has 2 aromatic rings. The Kier molecular flexibility index (Phi) is 2.64. The first-order valence-electron chi connectivity index (χ1n) is 5.34. The molecule has 0 saturated heterocycles. The third kappa shape index (κ3) is 1.78. The molecule has 2 rings (SSSR count). The number of rotatable bonds is 3. The summed E-state index contributed by atoms with van der Waals surface area (Å²) in [4.78, 5) is 18.4. The number of hydrogen-bond donors (Lipinski definition) is 2. The highest BCUT2D eigenvalue weighted by Crippen LogP contribution is 2.20. The first-order chi connectivity index (χ1) is 7.61. The summed E-state index contributed by atoms with van der Waals surface area (Å²) in [6.07, 6.45) is 1.01. The van der Waals surface area contributed by atoms with Gasteiger partial charge in [-0.2, -0.15) is 0 Å². The maximum Gasteiger partial charge on any atom is 0.335 e. The van der Waals surface area contributed by atoms with Gasteiger partial charge < -0.3 is 10.1 Å². The number of fused-ring (bicyclic) bond motifs is 1. The molecule has 0 aliphatic carbocycles. The van der Waals surface area contributed by atoms with E-state index in [9.17, 15) is 4.79 Å². The summed E-state index contributed by atoms with van der Waals surface area (Å²) >= 11 is 0. The van der Waals surface area contributed by atoms with E-state index in [0.29, 0.717) is 5.92 Å². The Balaban J connectivity index is 2.49. The molecule has 1 aromatic carbocycles. The molecule has 0 fully saturated rings. The third-order valence-electron chi connectivity index (χ3n) is 2.83. The van der Waals surface area contributed by atoms with E-state index < -0.39 is 5.97 Å². The fraction of sp³-hybridized carbons (Fsp3) is 0.333. The molecule has 0 amide bonds. The van der Waals surface area contributed by atoms with Crippen molar-refractivity contribution in [2.45, 2.75) is 26.2 Å². The molecule has 1 heterocycles. The lowest BCUT2D eigenvalue weighted by Crippen LogP contribution is -1.94. The molecular formula is C12H14N2O2. The number of benzene rings is 1. The summed E-state index contributed by atoms with van der Waals surface area (Å²) in [6.45, 7) is 4.19. The Morgan fingerprint density at radius 1 is 1.56 bits per heavy atom. The number of aromatic carboxylic acids is 1. The summed E-state index contributed by atoms with van der Waals surface area (Å²) < 4.78 is 0.